The van der Waals surface area contributed by atoms with Crippen molar-refractivity contribution in [2.24, 2.45) is 11.8 Å². The molecule has 0 fully saturated rings. The highest BCUT2D eigenvalue weighted by atomic mass is 16.5. The third-order valence-electron chi connectivity index (χ3n) is 6.43. The van der Waals surface area contributed by atoms with Gasteiger partial charge in [0.15, 0.2) is 0 Å². The van der Waals surface area contributed by atoms with Crippen molar-refractivity contribution in [3.05, 3.63) is 0 Å². The predicted molar refractivity (Wildman–Crippen MR) is 140 cm³/mol. The maximum Gasteiger partial charge on any atom is 0.306 e. The number of hydrogen-bond donors (Lipinski definition) is 1. The van der Waals surface area contributed by atoms with Crippen molar-refractivity contribution in [3.8, 4) is 0 Å². The fourth-order valence-electron chi connectivity index (χ4n) is 4.32. The standard InChI is InChI=1S/C29H56O4/c1-25(2)19-13-9-11-15-21-27(22-16-12-10-14-20-26(3)4)33-29(32)24-18-8-6-5-7-17-23-28(30)31/h25-27H,5-24H2,1-4H3,(H,30,31). The van der Waals surface area contributed by atoms with E-state index < -0.39 is 5.97 Å². The number of aliphatic carboxylic acids is 1. The number of esters is 1. The average Bonchev–Trinajstić information content (AvgIpc) is 2.73. The van der Waals surface area contributed by atoms with Crippen LogP contribution in [0.15, 0.2) is 0 Å². The van der Waals surface area contributed by atoms with Gasteiger partial charge in [0.05, 0.1) is 0 Å². The zero-order valence-electron chi connectivity index (χ0n) is 22.5. The lowest BCUT2D eigenvalue weighted by Crippen LogP contribution is -2.18. The van der Waals surface area contributed by atoms with Gasteiger partial charge in [0.25, 0.3) is 0 Å². The van der Waals surface area contributed by atoms with Crippen molar-refractivity contribution < 1.29 is 19.4 Å². The Kier molecular flexibility index (Phi) is 22.0. The van der Waals surface area contributed by atoms with Gasteiger partial charge in [-0.1, -0.05) is 105 Å². The molecular weight excluding hydrogens is 412 g/mol. The van der Waals surface area contributed by atoms with Crippen LogP contribution in [0.1, 0.15) is 156 Å². The van der Waals surface area contributed by atoms with Crippen LogP contribution in [0, 0.1) is 11.8 Å². The van der Waals surface area contributed by atoms with Crippen molar-refractivity contribution in [2.75, 3.05) is 0 Å². The normalized spacial score (nSPS) is 11.6. The molecule has 33 heavy (non-hydrogen) atoms. The molecule has 0 heterocycles. The highest BCUT2D eigenvalue weighted by molar-refractivity contribution is 5.69. The van der Waals surface area contributed by atoms with Gasteiger partial charge in [-0.2, -0.15) is 0 Å². The molecule has 0 aliphatic carbocycles. The van der Waals surface area contributed by atoms with Gasteiger partial charge in [0.1, 0.15) is 6.10 Å². The Morgan fingerprint density at radius 3 is 1.33 bits per heavy atom. The molecule has 0 unspecified atom stereocenters. The molecule has 0 radical (unpaired) electrons. The molecule has 0 aromatic heterocycles. The topological polar surface area (TPSA) is 63.6 Å². The summed E-state index contributed by atoms with van der Waals surface area (Å²) in [6, 6.07) is 0. The van der Waals surface area contributed by atoms with E-state index in [-0.39, 0.29) is 18.5 Å². The molecule has 0 rings (SSSR count). The summed E-state index contributed by atoms with van der Waals surface area (Å²) in [7, 11) is 0. The lowest BCUT2D eigenvalue weighted by atomic mass is 10.00. The van der Waals surface area contributed by atoms with Gasteiger partial charge in [0.2, 0.25) is 0 Å². The summed E-state index contributed by atoms with van der Waals surface area (Å²) in [5.74, 6) is 0.849. The minimum Gasteiger partial charge on any atom is -0.481 e. The van der Waals surface area contributed by atoms with Gasteiger partial charge in [-0.15, -0.1) is 0 Å². The molecule has 0 atom stereocenters. The molecule has 0 saturated carbocycles. The van der Waals surface area contributed by atoms with Crippen LogP contribution < -0.4 is 0 Å². The highest BCUT2D eigenvalue weighted by Gasteiger charge is 2.14. The highest BCUT2D eigenvalue weighted by Crippen LogP contribution is 2.19. The van der Waals surface area contributed by atoms with E-state index in [1.54, 1.807) is 0 Å². The first-order valence-electron chi connectivity index (χ1n) is 14.2. The molecule has 0 aliphatic heterocycles. The summed E-state index contributed by atoms with van der Waals surface area (Å²) in [6.45, 7) is 9.15. The zero-order valence-corrected chi connectivity index (χ0v) is 22.5. The second kappa shape index (κ2) is 22.7. The van der Waals surface area contributed by atoms with Gasteiger partial charge in [-0.25, -0.2) is 0 Å². The SMILES string of the molecule is CC(C)CCCCCCC(CCCCCCC(C)C)OC(=O)CCCCCCCCC(=O)O. The fourth-order valence-corrected chi connectivity index (χ4v) is 4.32. The molecule has 196 valence electrons. The van der Waals surface area contributed by atoms with E-state index in [4.69, 9.17) is 9.84 Å². The van der Waals surface area contributed by atoms with Crippen LogP contribution in [0.2, 0.25) is 0 Å². The number of unbranched alkanes of at least 4 members (excludes halogenated alkanes) is 11. The first-order valence-corrected chi connectivity index (χ1v) is 14.2. The monoisotopic (exact) mass is 468 g/mol. The summed E-state index contributed by atoms with van der Waals surface area (Å²) in [4.78, 5) is 22.9. The lowest BCUT2D eigenvalue weighted by Gasteiger charge is -2.18. The summed E-state index contributed by atoms with van der Waals surface area (Å²) in [5.41, 5.74) is 0. The van der Waals surface area contributed by atoms with Crippen molar-refractivity contribution in [3.63, 3.8) is 0 Å². The Labute approximate surface area is 205 Å². The van der Waals surface area contributed by atoms with Crippen LogP contribution >= 0.6 is 0 Å². The van der Waals surface area contributed by atoms with Crippen molar-refractivity contribution in [1.29, 1.82) is 0 Å². The van der Waals surface area contributed by atoms with Crippen LogP contribution in [0.4, 0.5) is 0 Å². The van der Waals surface area contributed by atoms with Crippen molar-refractivity contribution >= 4 is 11.9 Å². The number of carboxylic acid groups (broad SMARTS) is 1. The number of carbonyl (C=O) groups is 2. The summed E-state index contributed by atoms with van der Waals surface area (Å²) < 4.78 is 5.91. The Morgan fingerprint density at radius 1 is 0.545 bits per heavy atom. The molecular formula is C29H56O4. The second-order valence-electron chi connectivity index (χ2n) is 10.9. The van der Waals surface area contributed by atoms with Crippen LogP contribution in [-0.2, 0) is 14.3 Å². The smallest absolute Gasteiger partial charge is 0.306 e. The van der Waals surface area contributed by atoms with Gasteiger partial charge in [0, 0.05) is 12.8 Å². The fraction of sp³-hybridized carbons (Fsp3) is 0.931. The van der Waals surface area contributed by atoms with Crippen LogP contribution in [0.25, 0.3) is 0 Å². The third-order valence-corrected chi connectivity index (χ3v) is 6.43. The largest absolute Gasteiger partial charge is 0.481 e. The van der Waals surface area contributed by atoms with E-state index in [2.05, 4.69) is 27.7 Å². The quantitative estimate of drug-likeness (QED) is 0.113. The first kappa shape index (κ1) is 31.9. The molecule has 0 aliphatic rings. The van der Waals surface area contributed by atoms with E-state index in [0.29, 0.717) is 6.42 Å². The third kappa shape index (κ3) is 25.4. The number of ether oxygens (including phenoxy) is 1. The molecule has 1 N–H and O–H groups in total. The summed E-state index contributed by atoms with van der Waals surface area (Å²) >= 11 is 0. The Morgan fingerprint density at radius 2 is 0.909 bits per heavy atom. The minimum absolute atomic E-state index is 0.0227. The molecule has 0 spiro atoms. The maximum absolute atomic E-state index is 12.4. The number of hydrogen-bond acceptors (Lipinski definition) is 3. The van der Waals surface area contributed by atoms with Crippen LogP contribution in [0.3, 0.4) is 0 Å². The Hall–Kier alpha value is -1.06. The summed E-state index contributed by atoms with van der Waals surface area (Å²) in [6.07, 6.45) is 21.4. The molecule has 0 aromatic carbocycles. The van der Waals surface area contributed by atoms with Crippen molar-refractivity contribution in [2.45, 2.75) is 162 Å². The van der Waals surface area contributed by atoms with E-state index in [1.807, 2.05) is 0 Å². The number of carbonyl (C=O) groups excluding carboxylic acids is 1. The van der Waals surface area contributed by atoms with Crippen LogP contribution in [-0.4, -0.2) is 23.1 Å². The van der Waals surface area contributed by atoms with Crippen molar-refractivity contribution in [1.82, 2.24) is 0 Å². The van der Waals surface area contributed by atoms with E-state index >= 15 is 0 Å². The first-order chi connectivity index (χ1) is 15.8. The zero-order chi connectivity index (χ0) is 24.7. The van der Waals surface area contributed by atoms with E-state index in [1.165, 1.54) is 64.2 Å². The molecule has 0 aromatic rings. The molecule has 4 heteroatoms. The second-order valence-corrected chi connectivity index (χ2v) is 10.9. The van der Waals surface area contributed by atoms with E-state index in [9.17, 15) is 9.59 Å². The Balaban J connectivity index is 4.06. The van der Waals surface area contributed by atoms with Gasteiger partial charge < -0.3 is 9.84 Å². The maximum atomic E-state index is 12.4. The lowest BCUT2D eigenvalue weighted by molar-refractivity contribution is -0.150. The molecule has 0 amide bonds. The summed E-state index contributed by atoms with van der Waals surface area (Å²) in [5, 5.41) is 8.66. The van der Waals surface area contributed by atoms with Crippen LogP contribution in [0.5, 0.6) is 0 Å². The molecule has 4 nitrogen and oxygen atoms in total. The number of carboxylic acids is 1. The minimum atomic E-state index is -0.710. The van der Waals surface area contributed by atoms with E-state index in [0.717, 1.165) is 63.2 Å². The van der Waals surface area contributed by atoms with Gasteiger partial charge in [-0.05, 0) is 50.4 Å². The molecule has 0 saturated heterocycles. The molecule has 0 bridgehead atoms. The number of rotatable bonds is 24. The van der Waals surface area contributed by atoms with Gasteiger partial charge >= 0.3 is 11.9 Å². The average molecular weight is 469 g/mol. The predicted octanol–water partition coefficient (Wildman–Crippen LogP) is 9.10. The Bertz CT molecular complexity index is 439. The van der Waals surface area contributed by atoms with Gasteiger partial charge in [-0.3, -0.25) is 9.59 Å².